The molecule has 13 heavy (non-hydrogen) atoms. The zero-order valence-electron chi connectivity index (χ0n) is 6.96. The number of hydrogen-bond donors (Lipinski definition) is 1. The minimum absolute atomic E-state index is 0.106. The number of rotatable bonds is 1. The smallest absolute Gasteiger partial charge is 0.0931 e. The highest BCUT2D eigenvalue weighted by Gasteiger charge is 2.29. The van der Waals surface area contributed by atoms with Crippen molar-refractivity contribution in [2.45, 2.75) is 5.92 Å². The molecule has 1 fully saturated rings. The maximum Gasteiger partial charge on any atom is 0.0931 e. The Morgan fingerprint density at radius 1 is 1.54 bits per heavy atom. The predicted molar refractivity (Wildman–Crippen MR) is 54.0 cm³/mol. The lowest BCUT2D eigenvalue weighted by Gasteiger charge is -2.08. The average molecular weight is 213 g/mol. The zero-order chi connectivity index (χ0) is 9.26. The fourth-order valence-corrected chi connectivity index (χ4v) is 2.87. The molecule has 1 saturated heterocycles. The quantitative estimate of drug-likeness (QED) is 0.775. The summed E-state index contributed by atoms with van der Waals surface area (Å²) in [6.45, 7) is 1.70. The third-order valence-corrected chi connectivity index (χ3v) is 3.70. The van der Waals surface area contributed by atoms with Gasteiger partial charge in [0.15, 0.2) is 0 Å². The van der Waals surface area contributed by atoms with Crippen LogP contribution in [0.2, 0.25) is 4.34 Å². The van der Waals surface area contributed by atoms with E-state index in [4.69, 9.17) is 16.9 Å². The number of thiophene rings is 1. The average Bonchev–Trinajstić information content (AvgIpc) is 2.71. The molecule has 68 valence electrons. The minimum atomic E-state index is 0.106. The lowest BCUT2D eigenvalue weighted by Crippen LogP contribution is -2.07. The van der Waals surface area contributed by atoms with Gasteiger partial charge in [-0.3, -0.25) is 0 Å². The number of nitrogens with one attached hydrogen (secondary N) is 1. The molecule has 1 aromatic rings. The summed E-state index contributed by atoms with van der Waals surface area (Å²) in [5, 5.41) is 12.1. The molecule has 1 aromatic heterocycles. The van der Waals surface area contributed by atoms with Crippen molar-refractivity contribution in [1.29, 1.82) is 5.26 Å². The summed E-state index contributed by atoms with van der Waals surface area (Å²) in [7, 11) is 0. The topological polar surface area (TPSA) is 35.8 Å². The van der Waals surface area contributed by atoms with Gasteiger partial charge in [-0.2, -0.15) is 5.26 Å². The number of hydrogen-bond acceptors (Lipinski definition) is 3. The van der Waals surface area contributed by atoms with Crippen LogP contribution in [0.25, 0.3) is 0 Å². The van der Waals surface area contributed by atoms with Crippen LogP contribution in [-0.4, -0.2) is 13.1 Å². The molecule has 0 radical (unpaired) electrons. The Bertz CT molecular complexity index is 342. The molecule has 0 aromatic carbocycles. The molecular weight excluding hydrogens is 204 g/mol. The van der Waals surface area contributed by atoms with E-state index in [2.05, 4.69) is 11.4 Å². The van der Waals surface area contributed by atoms with Gasteiger partial charge in [-0.15, -0.1) is 11.3 Å². The lowest BCUT2D eigenvalue weighted by molar-refractivity contribution is 0.657. The monoisotopic (exact) mass is 212 g/mol. The molecule has 0 spiro atoms. The molecule has 0 bridgehead atoms. The fraction of sp³-hybridized carbons (Fsp3) is 0.444. The predicted octanol–water partition coefficient (Wildman–Crippen LogP) is 2.23. The van der Waals surface area contributed by atoms with Gasteiger partial charge in [0.2, 0.25) is 0 Å². The van der Waals surface area contributed by atoms with Crippen LogP contribution in [0.4, 0.5) is 0 Å². The van der Waals surface area contributed by atoms with E-state index in [0.29, 0.717) is 5.92 Å². The van der Waals surface area contributed by atoms with Crippen LogP contribution in [0.3, 0.4) is 0 Å². The molecule has 0 aliphatic carbocycles. The van der Waals surface area contributed by atoms with Gasteiger partial charge in [0.05, 0.1) is 16.3 Å². The van der Waals surface area contributed by atoms with E-state index in [0.717, 1.165) is 17.4 Å². The molecule has 1 aliphatic rings. The van der Waals surface area contributed by atoms with Crippen LogP contribution in [0.1, 0.15) is 10.8 Å². The Morgan fingerprint density at radius 2 is 2.38 bits per heavy atom. The van der Waals surface area contributed by atoms with Gasteiger partial charge in [-0.05, 0) is 12.1 Å². The van der Waals surface area contributed by atoms with E-state index in [1.54, 1.807) is 11.3 Å². The molecule has 0 unspecified atom stereocenters. The van der Waals surface area contributed by atoms with Gasteiger partial charge in [-0.25, -0.2) is 0 Å². The molecule has 4 heteroatoms. The molecule has 2 nitrogen and oxygen atoms in total. The second kappa shape index (κ2) is 3.67. The van der Waals surface area contributed by atoms with Crippen LogP contribution in [-0.2, 0) is 0 Å². The van der Waals surface area contributed by atoms with E-state index in [-0.39, 0.29) is 5.92 Å². The van der Waals surface area contributed by atoms with Crippen molar-refractivity contribution < 1.29 is 0 Å². The summed E-state index contributed by atoms with van der Waals surface area (Å²) in [6, 6.07) is 6.24. The standard InChI is InChI=1S/C9H9ClN2S/c10-9-2-1-8(13-9)7-5-12-4-6(7)3-11/h1-2,6-7,12H,4-5H2/t6-,7+/m1/s1. The first-order valence-corrected chi connectivity index (χ1v) is 5.36. The second-order valence-electron chi connectivity index (χ2n) is 3.14. The van der Waals surface area contributed by atoms with Crippen molar-refractivity contribution >= 4 is 22.9 Å². The molecule has 2 heterocycles. The van der Waals surface area contributed by atoms with Gasteiger partial charge in [0.25, 0.3) is 0 Å². The Kier molecular flexibility index (Phi) is 2.54. The molecule has 0 amide bonds. The third-order valence-electron chi connectivity index (χ3n) is 2.34. The van der Waals surface area contributed by atoms with E-state index < -0.39 is 0 Å². The molecule has 1 aliphatic heterocycles. The Balaban J connectivity index is 2.21. The molecule has 2 atom stereocenters. The molecule has 2 rings (SSSR count). The Morgan fingerprint density at radius 3 is 3.00 bits per heavy atom. The highest BCUT2D eigenvalue weighted by atomic mass is 35.5. The second-order valence-corrected chi connectivity index (χ2v) is 4.89. The first-order chi connectivity index (χ1) is 6.31. The minimum Gasteiger partial charge on any atom is -0.315 e. The first-order valence-electron chi connectivity index (χ1n) is 4.17. The van der Waals surface area contributed by atoms with Crippen molar-refractivity contribution in [2.24, 2.45) is 5.92 Å². The van der Waals surface area contributed by atoms with Crippen LogP contribution >= 0.6 is 22.9 Å². The van der Waals surface area contributed by atoms with Crippen LogP contribution < -0.4 is 5.32 Å². The number of nitriles is 1. The normalized spacial score (nSPS) is 27.4. The van der Waals surface area contributed by atoms with Crippen molar-refractivity contribution in [3.8, 4) is 6.07 Å². The van der Waals surface area contributed by atoms with Crippen molar-refractivity contribution in [1.82, 2.24) is 5.32 Å². The maximum absolute atomic E-state index is 8.89. The maximum atomic E-state index is 8.89. The van der Waals surface area contributed by atoms with Crippen LogP contribution in [0.15, 0.2) is 12.1 Å². The molecular formula is C9H9ClN2S. The summed E-state index contributed by atoms with van der Waals surface area (Å²) in [4.78, 5) is 1.22. The third kappa shape index (κ3) is 1.71. The SMILES string of the molecule is N#C[C@@H]1CNC[C@@H]1c1ccc(Cl)s1. The largest absolute Gasteiger partial charge is 0.315 e. The van der Waals surface area contributed by atoms with Crippen molar-refractivity contribution in [3.63, 3.8) is 0 Å². The van der Waals surface area contributed by atoms with Gasteiger partial charge in [0, 0.05) is 23.9 Å². The summed E-state index contributed by atoms with van der Waals surface area (Å²) < 4.78 is 0.804. The molecule has 1 N–H and O–H groups in total. The molecule has 0 saturated carbocycles. The number of halogens is 1. The summed E-state index contributed by atoms with van der Waals surface area (Å²) in [5.74, 6) is 0.442. The summed E-state index contributed by atoms with van der Waals surface area (Å²) >= 11 is 7.42. The fourth-order valence-electron chi connectivity index (χ4n) is 1.64. The zero-order valence-corrected chi connectivity index (χ0v) is 8.53. The van der Waals surface area contributed by atoms with Crippen molar-refractivity contribution in [2.75, 3.05) is 13.1 Å². The van der Waals surface area contributed by atoms with Crippen LogP contribution in [0.5, 0.6) is 0 Å². The Labute approximate surface area is 86.1 Å². The van der Waals surface area contributed by atoms with E-state index >= 15 is 0 Å². The van der Waals surface area contributed by atoms with Gasteiger partial charge < -0.3 is 5.32 Å². The Hall–Kier alpha value is -0.560. The summed E-state index contributed by atoms with van der Waals surface area (Å²) in [6.07, 6.45) is 0. The highest BCUT2D eigenvalue weighted by molar-refractivity contribution is 7.16. The van der Waals surface area contributed by atoms with Gasteiger partial charge in [0.1, 0.15) is 0 Å². The number of nitrogens with zero attached hydrogens (tertiary/aromatic N) is 1. The van der Waals surface area contributed by atoms with E-state index in [9.17, 15) is 0 Å². The first kappa shape index (κ1) is 9.01. The van der Waals surface area contributed by atoms with Crippen molar-refractivity contribution in [3.05, 3.63) is 21.3 Å². The lowest BCUT2D eigenvalue weighted by atomic mass is 9.96. The summed E-state index contributed by atoms with van der Waals surface area (Å²) in [5.41, 5.74) is 0. The van der Waals surface area contributed by atoms with E-state index in [1.807, 2.05) is 12.1 Å². The van der Waals surface area contributed by atoms with Gasteiger partial charge in [-0.1, -0.05) is 11.6 Å². The van der Waals surface area contributed by atoms with Crippen LogP contribution in [0, 0.1) is 17.2 Å². The van der Waals surface area contributed by atoms with Gasteiger partial charge >= 0.3 is 0 Å². The highest BCUT2D eigenvalue weighted by Crippen LogP contribution is 2.34. The van der Waals surface area contributed by atoms with E-state index in [1.165, 1.54) is 4.88 Å².